The fourth-order valence-corrected chi connectivity index (χ4v) is 3.21. The third-order valence-corrected chi connectivity index (χ3v) is 4.30. The summed E-state index contributed by atoms with van der Waals surface area (Å²) in [4.78, 5) is 14.5. The summed E-state index contributed by atoms with van der Waals surface area (Å²) in [5.41, 5.74) is 0.792. The number of fused-ring (bicyclic) bond motifs is 1. The number of hydrogen-bond donors (Lipinski definition) is 1. The van der Waals surface area contributed by atoms with Crippen molar-refractivity contribution in [2.45, 2.75) is 37.8 Å². The molecule has 1 N–H and O–H groups in total. The van der Waals surface area contributed by atoms with Gasteiger partial charge in [0.1, 0.15) is 5.75 Å². The molecule has 1 aromatic carbocycles. The summed E-state index contributed by atoms with van der Waals surface area (Å²) in [5.74, 6) is 0.784. The van der Waals surface area contributed by atoms with Crippen LogP contribution >= 0.6 is 0 Å². The molecule has 1 aliphatic heterocycles. The van der Waals surface area contributed by atoms with Crippen LogP contribution in [0.1, 0.15) is 25.7 Å². The monoisotopic (exact) mass is 290 g/mol. The number of hydrogen-bond acceptors (Lipinski definition) is 3. The van der Waals surface area contributed by atoms with Crippen LogP contribution in [-0.2, 0) is 4.74 Å². The van der Waals surface area contributed by atoms with Crippen molar-refractivity contribution in [3.8, 4) is 5.75 Å². The first-order chi connectivity index (χ1) is 10.3. The Morgan fingerprint density at radius 1 is 1.29 bits per heavy atom. The number of nitrogens with one attached hydrogen (secondary N) is 1. The lowest BCUT2D eigenvalue weighted by atomic mass is 10.2. The summed E-state index contributed by atoms with van der Waals surface area (Å²) in [5, 5.41) is 2.98. The molecule has 0 aromatic heterocycles. The molecule has 21 heavy (non-hydrogen) atoms. The Kier molecular flexibility index (Phi) is 4.29. The van der Waals surface area contributed by atoms with Crippen molar-refractivity contribution in [1.29, 1.82) is 0 Å². The van der Waals surface area contributed by atoms with E-state index in [1.54, 1.807) is 7.11 Å². The normalized spacial score (nSPS) is 25.1. The molecule has 2 amide bonds. The van der Waals surface area contributed by atoms with Crippen molar-refractivity contribution >= 4 is 11.7 Å². The van der Waals surface area contributed by atoms with Crippen molar-refractivity contribution < 1.29 is 14.3 Å². The number of carbonyl (C=O) groups is 1. The van der Waals surface area contributed by atoms with E-state index in [1.807, 2.05) is 29.2 Å². The van der Waals surface area contributed by atoms with Gasteiger partial charge in [0.25, 0.3) is 0 Å². The molecular weight excluding hydrogens is 268 g/mol. The van der Waals surface area contributed by atoms with Gasteiger partial charge in [-0.05, 0) is 49.9 Å². The van der Waals surface area contributed by atoms with Crippen molar-refractivity contribution in [2.75, 3.05) is 25.6 Å². The second-order valence-electron chi connectivity index (χ2n) is 5.61. The summed E-state index contributed by atoms with van der Waals surface area (Å²) < 4.78 is 11.0. The molecule has 2 aliphatic rings. The summed E-state index contributed by atoms with van der Waals surface area (Å²) >= 11 is 0. The minimum absolute atomic E-state index is 0.0254. The second kappa shape index (κ2) is 6.35. The Balaban J connectivity index is 1.68. The number of anilines is 1. The summed E-state index contributed by atoms with van der Waals surface area (Å²) in [7, 11) is 1.63. The van der Waals surface area contributed by atoms with Gasteiger partial charge in [0.05, 0.1) is 19.3 Å². The second-order valence-corrected chi connectivity index (χ2v) is 5.61. The molecule has 2 atom stereocenters. The highest BCUT2D eigenvalue weighted by Gasteiger charge is 2.36. The number of rotatable bonds is 2. The lowest BCUT2D eigenvalue weighted by molar-refractivity contribution is 0.0413. The Hall–Kier alpha value is -1.75. The maximum Gasteiger partial charge on any atom is 0.322 e. The number of nitrogens with zero attached hydrogens (tertiary/aromatic N) is 1. The first-order valence-corrected chi connectivity index (χ1v) is 7.61. The van der Waals surface area contributed by atoms with Crippen LogP contribution < -0.4 is 10.1 Å². The SMILES string of the molecule is COc1ccc(NC(=O)N2CCCOC3CCCC32)cc1. The highest BCUT2D eigenvalue weighted by molar-refractivity contribution is 5.89. The Labute approximate surface area is 125 Å². The molecule has 0 radical (unpaired) electrons. The van der Waals surface area contributed by atoms with Crippen LogP contribution in [-0.4, -0.2) is 43.3 Å². The fraction of sp³-hybridized carbons (Fsp3) is 0.562. The molecule has 0 spiro atoms. The van der Waals surface area contributed by atoms with Gasteiger partial charge in [-0.2, -0.15) is 0 Å². The number of ether oxygens (including phenoxy) is 2. The van der Waals surface area contributed by atoms with Crippen LogP contribution in [0, 0.1) is 0 Å². The predicted octanol–water partition coefficient (Wildman–Crippen LogP) is 2.87. The van der Waals surface area contributed by atoms with Crippen LogP contribution in [0.2, 0.25) is 0 Å². The van der Waals surface area contributed by atoms with Crippen LogP contribution in [0.4, 0.5) is 10.5 Å². The zero-order chi connectivity index (χ0) is 14.7. The zero-order valence-electron chi connectivity index (χ0n) is 12.4. The number of carbonyl (C=O) groups excluding carboxylic acids is 1. The summed E-state index contributed by atoms with van der Waals surface area (Å²) in [6.45, 7) is 1.52. The molecule has 1 aromatic rings. The lowest BCUT2D eigenvalue weighted by Gasteiger charge is -2.30. The van der Waals surface area contributed by atoms with Crippen molar-refractivity contribution in [1.82, 2.24) is 4.90 Å². The van der Waals surface area contributed by atoms with Gasteiger partial charge in [0.2, 0.25) is 0 Å². The Morgan fingerprint density at radius 3 is 2.86 bits per heavy atom. The lowest BCUT2D eigenvalue weighted by Crippen LogP contribution is -2.45. The Bertz CT molecular complexity index is 489. The van der Waals surface area contributed by atoms with E-state index in [-0.39, 0.29) is 18.2 Å². The average Bonchev–Trinajstić information content (AvgIpc) is 2.87. The standard InChI is InChI=1S/C16H22N2O3/c1-20-13-8-6-12(7-9-13)17-16(19)18-10-3-11-21-15-5-2-4-14(15)18/h6-9,14-15H,2-5,10-11H2,1H3,(H,17,19). The molecule has 5 nitrogen and oxygen atoms in total. The highest BCUT2D eigenvalue weighted by Crippen LogP contribution is 2.29. The molecule has 3 rings (SSSR count). The number of amides is 2. The Morgan fingerprint density at radius 2 is 2.10 bits per heavy atom. The van der Waals surface area contributed by atoms with E-state index in [2.05, 4.69) is 5.32 Å². The van der Waals surface area contributed by atoms with Gasteiger partial charge in [-0.3, -0.25) is 0 Å². The van der Waals surface area contributed by atoms with Crippen LogP contribution in [0.3, 0.4) is 0 Å². The van der Waals surface area contributed by atoms with Crippen molar-refractivity contribution in [3.05, 3.63) is 24.3 Å². The molecule has 2 unspecified atom stereocenters. The van der Waals surface area contributed by atoms with Gasteiger partial charge in [-0.15, -0.1) is 0 Å². The van der Waals surface area contributed by atoms with Gasteiger partial charge in [0.15, 0.2) is 0 Å². The molecule has 1 aliphatic carbocycles. The van der Waals surface area contributed by atoms with E-state index in [1.165, 1.54) is 0 Å². The van der Waals surface area contributed by atoms with E-state index >= 15 is 0 Å². The predicted molar refractivity (Wildman–Crippen MR) is 80.7 cm³/mol. The van der Waals surface area contributed by atoms with Crippen LogP contribution in [0.5, 0.6) is 5.75 Å². The minimum atomic E-state index is -0.0254. The maximum atomic E-state index is 12.5. The largest absolute Gasteiger partial charge is 0.497 e. The molecule has 1 saturated heterocycles. The maximum absolute atomic E-state index is 12.5. The number of methoxy groups -OCH3 is 1. The van der Waals surface area contributed by atoms with E-state index in [9.17, 15) is 4.79 Å². The first-order valence-electron chi connectivity index (χ1n) is 7.61. The molecule has 5 heteroatoms. The molecular formula is C16H22N2O3. The van der Waals surface area contributed by atoms with E-state index < -0.39 is 0 Å². The highest BCUT2D eigenvalue weighted by atomic mass is 16.5. The van der Waals surface area contributed by atoms with Crippen LogP contribution in [0.15, 0.2) is 24.3 Å². The third-order valence-electron chi connectivity index (χ3n) is 4.30. The van der Waals surface area contributed by atoms with Crippen LogP contribution in [0.25, 0.3) is 0 Å². The van der Waals surface area contributed by atoms with Gasteiger partial charge in [-0.1, -0.05) is 0 Å². The van der Waals surface area contributed by atoms with E-state index in [0.717, 1.165) is 50.3 Å². The summed E-state index contributed by atoms with van der Waals surface area (Å²) in [6, 6.07) is 7.61. The van der Waals surface area contributed by atoms with E-state index in [4.69, 9.17) is 9.47 Å². The summed E-state index contributed by atoms with van der Waals surface area (Å²) in [6.07, 6.45) is 4.37. The minimum Gasteiger partial charge on any atom is -0.497 e. The zero-order valence-corrected chi connectivity index (χ0v) is 12.4. The van der Waals surface area contributed by atoms with E-state index in [0.29, 0.717) is 0 Å². The molecule has 1 heterocycles. The van der Waals surface area contributed by atoms with Gasteiger partial charge in [0, 0.05) is 18.8 Å². The van der Waals surface area contributed by atoms with Gasteiger partial charge in [-0.25, -0.2) is 4.79 Å². The number of benzene rings is 1. The molecule has 1 saturated carbocycles. The fourth-order valence-electron chi connectivity index (χ4n) is 3.21. The molecule has 2 fully saturated rings. The first kappa shape index (κ1) is 14.2. The van der Waals surface area contributed by atoms with Gasteiger partial charge < -0.3 is 19.7 Å². The quantitative estimate of drug-likeness (QED) is 0.911. The van der Waals surface area contributed by atoms with Crippen molar-refractivity contribution in [3.63, 3.8) is 0 Å². The van der Waals surface area contributed by atoms with Gasteiger partial charge >= 0.3 is 6.03 Å². The third kappa shape index (κ3) is 3.13. The number of urea groups is 1. The van der Waals surface area contributed by atoms with Crippen molar-refractivity contribution in [2.24, 2.45) is 0 Å². The average molecular weight is 290 g/mol. The smallest absolute Gasteiger partial charge is 0.322 e. The molecule has 114 valence electrons. The topological polar surface area (TPSA) is 50.8 Å². The molecule has 0 bridgehead atoms.